The Morgan fingerprint density at radius 3 is 1.61 bits per heavy atom. The minimum atomic E-state index is 1.08. The lowest BCUT2D eigenvalue weighted by molar-refractivity contribution is 1.18. The van der Waals surface area contributed by atoms with Gasteiger partial charge in [0, 0.05) is 96.2 Å². The average molecular weight is 916 g/mol. The van der Waals surface area contributed by atoms with Crippen LogP contribution in [0.4, 0.5) is 34.1 Å². The number of anilines is 6. The van der Waals surface area contributed by atoms with Gasteiger partial charge in [0.15, 0.2) is 0 Å². The van der Waals surface area contributed by atoms with Crippen LogP contribution < -0.4 is 9.80 Å². The summed E-state index contributed by atoms with van der Waals surface area (Å²) in [5.41, 5.74) is 12.5. The van der Waals surface area contributed by atoms with Crippen LogP contribution in [0.3, 0.4) is 0 Å². The van der Waals surface area contributed by atoms with Crippen LogP contribution in [-0.4, -0.2) is 4.57 Å². The fourth-order valence-electron chi connectivity index (χ4n) is 10.7. The zero-order chi connectivity index (χ0) is 45.4. The topological polar surface area (TPSA) is 11.4 Å². The highest BCUT2D eigenvalue weighted by molar-refractivity contribution is 7.27. The zero-order valence-electron chi connectivity index (χ0n) is 37.3. The molecule has 0 atom stereocenters. The van der Waals surface area contributed by atoms with E-state index in [-0.39, 0.29) is 0 Å². The van der Waals surface area contributed by atoms with Crippen LogP contribution in [-0.2, 0) is 0 Å². The lowest BCUT2D eigenvalue weighted by Crippen LogP contribution is -2.11. The molecule has 324 valence electrons. The molecule has 0 aliphatic rings. The molecular formula is C64H41N3S2. The van der Waals surface area contributed by atoms with Crippen molar-refractivity contribution in [3.8, 4) is 16.8 Å². The second-order valence-electron chi connectivity index (χ2n) is 17.6. The van der Waals surface area contributed by atoms with Crippen molar-refractivity contribution in [2.24, 2.45) is 0 Å². The van der Waals surface area contributed by atoms with Crippen molar-refractivity contribution in [1.82, 2.24) is 4.57 Å². The Bertz CT molecular complexity index is 4250. The van der Waals surface area contributed by atoms with E-state index in [4.69, 9.17) is 0 Å². The van der Waals surface area contributed by atoms with Crippen LogP contribution >= 0.6 is 22.7 Å². The first kappa shape index (κ1) is 39.7. The molecule has 0 N–H and O–H groups in total. The summed E-state index contributed by atoms with van der Waals surface area (Å²) in [5, 5.41) is 10.3. The van der Waals surface area contributed by atoms with Crippen molar-refractivity contribution in [2.45, 2.75) is 0 Å². The number of para-hydroxylation sites is 4. The first-order valence-electron chi connectivity index (χ1n) is 23.4. The SMILES string of the molecule is c1ccc(N(c2ccc(-c3ccccc3N(c3ccccc3)c3ccc4sc5ccccc5c4c3)cc2)c2ccc3c4c5sc6ccccc6c5c5ccccc5c4n(-c4ccccc4)c3c2)cc1. The highest BCUT2D eigenvalue weighted by Gasteiger charge is 2.24. The lowest BCUT2D eigenvalue weighted by atomic mass is 9.99. The number of nitrogens with zero attached hydrogens (tertiary/aromatic N) is 3. The fourth-order valence-corrected chi connectivity index (χ4v) is 13.1. The first-order valence-corrected chi connectivity index (χ1v) is 25.1. The molecule has 5 heteroatoms. The molecule has 69 heavy (non-hydrogen) atoms. The van der Waals surface area contributed by atoms with E-state index in [1.54, 1.807) is 0 Å². The molecule has 0 aliphatic carbocycles. The average Bonchev–Trinajstić information content (AvgIpc) is 4.10. The molecule has 3 heterocycles. The molecule has 0 saturated heterocycles. The molecule has 0 aliphatic heterocycles. The third-order valence-electron chi connectivity index (χ3n) is 13.7. The van der Waals surface area contributed by atoms with E-state index < -0.39 is 0 Å². The summed E-state index contributed by atoms with van der Waals surface area (Å²) in [7, 11) is 0. The molecule has 0 fully saturated rings. The maximum Gasteiger partial charge on any atom is 0.0634 e. The number of thiophene rings is 2. The largest absolute Gasteiger partial charge is 0.310 e. The summed E-state index contributed by atoms with van der Waals surface area (Å²) in [6.45, 7) is 0. The summed E-state index contributed by atoms with van der Waals surface area (Å²) in [6, 6.07) is 90.9. The van der Waals surface area contributed by atoms with Gasteiger partial charge in [-0.15, -0.1) is 22.7 Å². The molecule has 0 spiro atoms. The third kappa shape index (κ3) is 6.39. The molecule has 14 aromatic rings. The van der Waals surface area contributed by atoms with E-state index in [0.29, 0.717) is 0 Å². The summed E-state index contributed by atoms with van der Waals surface area (Å²) in [4.78, 5) is 4.80. The standard InChI is InChI=1S/C64H41N3S2/c1-4-18-43(19-5-1)65(48-36-38-53-57(41-48)67(45-22-8-3-9-23-45)63-52-27-11-10-26-51(52)61-54-28-14-17-31-59(54)69-64(61)62(53)63)46-34-32-42(33-35-46)49-24-12-15-29-56(49)66(44-20-6-2-7-21-44)47-37-39-60-55(40-47)50-25-13-16-30-58(50)68-60/h1-41H. The lowest BCUT2D eigenvalue weighted by Gasteiger charge is -2.28. The fraction of sp³-hybridized carbons (Fsp3) is 0. The number of rotatable bonds is 8. The van der Waals surface area contributed by atoms with E-state index in [2.05, 4.69) is 263 Å². The maximum atomic E-state index is 2.50. The van der Waals surface area contributed by atoms with Crippen molar-refractivity contribution in [1.29, 1.82) is 0 Å². The minimum Gasteiger partial charge on any atom is -0.310 e. The summed E-state index contributed by atoms with van der Waals surface area (Å²) in [6.07, 6.45) is 0. The van der Waals surface area contributed by atoms with E-state index >= 15 is 0 Å². The van der Waals surface area contributed by atoms with Crippen LogP contribution in [0, 0.1) is 0 Å². The van der Waals surface area contributed by atoms with Crippen molar-refractivity contribution in [3.63, 3.8) is 0 Å². The molecular weight excluding hydrogens is 875 g/mol. The molecule has 0 radical (unpaired) electrons. The Morgan fingerprint density at radius 2 is 0.855 bits per heavy atom. The number of hydrogen-bond donors (Lipinski definition) is 0. The van der Waals surface area contributed by atoms with E-state index in [0.717, 1.165) is 50.9 Å². The Balaban J connectivity index is 0.939. The molecule has 0 bridgehead atoms. The van der Waals surface area contributed by atoms with Crippen LogP contribution in [0.15, 0.2) is 249 Å². The second kappa shape index (κ2) is 16.1. The van der Waals surface area contributed by atoms with Crippen molar-refractivity contribution in [2.75, 3.05) is 9.80 Å². The Hall–Kier alpha value is -8.48. The van der Waals surface area contributed by atoms with E-state index in [1.807, 2.05) is 22.7 Å². The smallest absolute Gasteiger partial charge is 0.0634 e. The predicted octanol–water partition coefficient (Wildman–Crippen LogP) is 19.3. The predicted molar refractivity (Wildman–Crippen MR) is 299 cm³/mol. The van der Waals surface area contributed by atoms with Gasteiger partial charge in [-0.25, -0.2) is 0 Å². The molecule has 3 aromatic heterocycles. The van der Waals surface area contributed by atoms with Gasteiger partial charge in [0.25, 0.3) is 0 Å². The molecule has 11 aromatic carbocycles. The van der Waals surface area contributed by atoms with Gasteiger partial charge < -0.3 is 14.4 Å². The highest BCUT2D eigenvalue weighted by atomic mass is 32.1. The van der Waals surface area contributed by atoms with Gasteiger partial charge in [0.1, 0.15) is 0 Å². The Kier molecular flexibility index (Phi) is 9.26. The Labute approximate surface area is 407 Å². The van der Waals surface area contributed by atoms with Gasteiger partial charge in [0.05, 0.1) is 16.7 Å². The third-order valence-corrected chi connectivity index (χ3v) is 16.1. The van der Waals surface area contributed by atoms with Gasteiger partial charge in [-0.2, -0.15) is 0 Å². The van der Waals surface area contributed by atoms with Gasteiger partial charge in [0.2, 0.25) is 0 Å². The van der Waals surface area contributed by atoms with E-state index in [1.165, 1.54) is 72.9 Å². The van der Waals surface area contributed by atoms with Crippen LogP contribution in [0.25, 0.3) is 89.7 Å². The maximum absolute atomic E-state index is 2.50. The van der Waals surface area contributed by atoms with Crippen LogP contribution in [0.5, 0.6) is 0 Å². The molecule has 0 unspecified atom stereocenters. The van der Waals surface area contributed by atoms with Crippen LogP contribution in [0.1, 0.15) is 0 Å². The Morgan fingerprint density at radius 1 is 0.319 bits per heavy atom. The molecule has 3 nitrogen and oxygen atoms in total. The quantitative estimate of drug-likeness (QED) is 0.150. The molecule has 0 saturated carbocycles. The molecule has 0 amide bonds. The van der Waals surface area contributed by atoms with Crippen molar-refractivity contribution >= 4 is 130 Å². The second-order valence-corrected chi connectivity index (χ2v) is 19.8. The van der Waals surface area contributed by atoms with Gasteiger partial charge >= 0.3 is 0 Å². The summed E-state index contributed by atoms with van der Waals surface area (Å²) >= 11 is 3.76. The minimum absolute atomic E-state index is 1.08. The number of hydrogen-bond acceptors (Lipinski definition) is 4. The van der Waals surface area contributed by atoms with Crippen molar-refractivity contribution < 1.29 is 0 Å². The number of aromatic nitrogens is 1. The first-order chi connectivity index (χ1) is 34.2. The highest BCUT2D eigenvalue weighted by Crippen LogP contribution is 2.50. The summed E-state index contributed by atoms with van der Waals surface area (Å²) < 4.78 is 7.74. The zero-order valence-corrected chi connectivity index (χ0v) is 39.0. The van der Waals surface area contributed by atoms with Crippen LogP contribution in [0.2, 0.25) is 0 Å². The summed E-state index contributed by atoms with van der Waals surface area (Å²) in [5.74, 6) is 0. The van der Waals surface area contributed by atoms with Gasteiger partial charge in [-0.3, -0.25) is 0 Å². The number of fused-ring (bicyclic) bond motifs is 13. The monoisotopic (exact) mass is 915 g/mol. The van der Waals surface area contributed by atoms with Crippen molar-refractivity contribution in [3.05, 3.63) is 249 Å². The molecule has 14 rings (SSSR count). The van der Waals surface area contributed by atoms with Gasteiger partial charge in [-0.1, -0.05) is 152 Å². The number of benzene rings is 11. The normalized spacial score (nSPS) is 11.8. The van der Waals surface area contributed by atoms with E-state index in [9.17, 15) is 0 Å². The van der Waals surface area contributed by atoms with Gasteiger partial charge in [-0.05, 0) is 108 Å².